The summed E-state index contributed by atoms with van der Waals surface area (Å²) in [7, 11) is 7.25. The molecule has 30 heteroatoms. The Morgan fingerprint density at radius 3 is 1.23 bits per heavy atom. The molecule has 7 aromatic rings. The molecule has 0 aromatic carbocycles. The Bertz CT molecular complexity index is 3060. The van der Waals surface area contributed by atoms with Crippen LogP contribution in [0.25, 0.3) is 17.8 Å². The van der Waals surface area contributed by atoms with Crippen molar-refractivity contribution in [3.63, 3.8) is 0 Å². The largest absolute Gasteiger partial charge is 0.465 e. The van der Waals surface area contributed by atoms with Crippen LogP contribution in [0.2, 0.25) is 0 Å². The number of hydrogen-bond donors (Lipinski definition) is 4. The Morgan fingerprint density at radius 1 is 0.515 bits per heavy atom. The van der Waals surface area contributed by atoms with E-state index in [9.17, 15) is 19.5 Å². The molecule has 0 aliphatic heterocycles. The van der Waals surface area contributed by atoms with Crippen molar-refractivity contribution in [1.29, 1.82) is 0 Å². The number of aliphatic hydroxyl groups is 1. The van der Waals surface area contributed by atoms with Crippen molar-refractivity contribution in [2.24, 2.45) is 51.8 Å². The minimum absolute atomic E-state index is 0.0552. The molecule has 0 saturated heterocycles. The lowest BCUT2D eigenvalue weighted by molar-refractivity contribution is 0.0591. The second kappa shape index (κ2) is 17.3. The fourth-order valence-electron chi connectivity index (χ4n) is 6.63. The summed E-state index contributed by atoms with van der Waals surface area (Å²) in [5.41, 5.74) is 22.5. The molecule has 0 fully saturated rings. The van der Waals surface area contributed by atoms with E-state index in [0.29, 0.717) is 17.1 Å². The average molecular weight is 907 g/mol. The number of ether oxygens (including phenoxy) is 2. The molecule has 0 spiro atoms. The fraction of sp³-hybridized carbons (Fsp3) is 0.333. The van der Waals surface area contributed by atoms with E-state index in [1.165, 1.54) is 28.3 Å². The molecule has 0 saturated carbocycles. The van der Waals surface area contributed by atoms with Gasteiger partial charge in [0.1, 0.15) is 17.7 Å². The Labute approximate surface area is 371 Å². The first-order valence-electron chi connectivity index (χ1n) is 19.3. The number of aromatic nitrogens is 15. The van der Waals surface area contributed by atoms with Crippen LogP contribution in [-0.4, -0.2) is 117 Å². The van der Waals surface area contributed by atoms with Gasteiger partial charge in [0.2, 0.25) is 5.82 Å². The number of ketones is 1. The van der Waals surface area contributed by atoms with Crippen LogP contribution in [-0.2, 0) is 30.6 Å². The highest BCUT2D eigenvalue weighted by molar-refractivity contribution is 6.01. The maximum Gasteiger partial charge on any atom is 0.343 e. The van der Waals surface area contributed by atoms with Crippen molar-refractivity contribution < 1.29 is 29.0 Å². The zero-order valence-electron chi connectivity index (χ0n) is 37.3. The van der Waals surface area contributed by atoms with Crippen molar-refractivity contribution in [1.82, 2.24) is 73.6 Å². The summed E-state index contributed by atoms with van der Waals surface area (Å²) in [6.07, 6.45) is 0. The van der Waals surface area contributed by atoms with E-state index < -0.39 is 24.3 Å². The van der Waals surface area contributed by atoms with Crippen LogP contribution in [0, 0.1) is 41.5 Å². The molecule has 0 bridgehead atoms. The molecular formula is C36H42N24O6. The topological polar surface area (TPSA) is 388 Å². The Hall–Kier alpha value is -8.96. The first-order chi connectivity index (χ1) is 31.3. The van der Waals surface area contributed by atoms with Gasteiger partial charge in [0, 0.05) is 26.8 Å². The minimum atomic E-state index is -0.770. The van der Waals surface area contributed by atoms with E-state index in [4.69, 9.17) is 26.7 Å². The maximum absolute atomic E-state index is 12.6. The molecule has 30 nitrogen and oxygen atoms in total. The lowest BCUT2D eigenvalue weighted by atomic mass is 10.1. The number of aryl methyl sites for hydroxylation is 8. The molecule has 0 aliphatic rings. The number of aliphatic hydroxyl groups excluding tert-OH is 1. The molecule has 7 N–H and O–H groups in total. The van der Waals surface area contributed by atoms with E-state index >= 15 is 0 Å². The van der Waals surface area contributed by atoms with Gasteiger partial charge in [0.25, 0.3) is 17.8 Å². The first-order valence-corrected chi connectivity index (χ1v) is 19.3. The molecule has 342 valence electrons. The van der Waals surface area contributed by atoms with E-state index in [1.807, 2.05) is 0 Å². The van der Waals surface area contributed by atoms with Gasteiger partial charge in [-0.15, -0.1) is 30.7 Å². The number of nitrogens with two attached hydrogens (primary N) is 3. The molecule has 66 heavy (non-hydrogen) atoms. The number of carbonyl (C=O) groups excluding carboxylic acids is 3. The molecule has 0 radical (unpaired) electrons. The molecule has 0 unspecified atom stereocenters. The number of nitrogen functional groups attached to an aromatic ring is 3. The highest BCUT2D eigenvalue weighted by atomic mass is 16.5. The molecule has 0 atom stereocenters. The van der Waals surface area contributed by atoms with Crippen molar-refractivity contribution >= 4 is 69.7 Å². The Balaban J connectivity index is 1.38. The van der Waals surface area contributed by atoms with Crippen LogP contribution in [0.4, 0.5) is 52.0 Å². The number of anilines is 3. The molecule has 7 rings (SSSR count). The quantitative estimate of drug-likeness (QED) is 0.0733. The molecular weight excluding hydrogens is 865 g/mol. The lowest BCUT2D eigenvalue weighted by Crippen LogP contribution is -2.17. The van der Waals surface area contributed by atoms with Gasteiger partial charge in [-0.25, -0.2) is 19.0 Å². The van der Waals surface area contributed by atoms with Gasteiger partial charge in [0.05, 0.1) is 48.3 Å². The van der Waals surface area contributed by atoms with Crippen LogP contribution < -0.4 is 17.2 Å². The number of Topliss-reactive ketones (excluding diaryl/α,β-unsaturated/α-hetero) is 1. The van der Waals surface area contributed by atoms with Gasteiger partial charge in [-0.1, -0.05) is 0 Å². The van der Waals surface area contributed by atoms with E-state index in [-0.39, 0.29) is 104 Å². The third-order valence-corrected chi connectivity index (χ3v) is 9.99. The number of azo groups is 3. The van der Waals surface area contributed by atoms with Crippen LogP contribution in [0.1, 0.15) is 65.2 Å². The van der Waals surface area contributed by atoms with E-state index in [2.05, 4.69) is 76.2 Å². The van der Waals surface area contributed by atoms with Gasteiger partial charge in [-0.3, -0.25) is 9.48 Å². The maximum atomic E-state index is 12.6. The van der Waals surface area contributed by atoms with Crippen LogP contribution in [0.15, 0.2) is 30.7 Å². The summed E-state index contributed by atoms with van der Waals surface area (Å²) < 4.78 is 17.4. The van der Waals surface area contributed by atoms with Crippen LogP contribution in [0.3, 0.4) is 0 Å². The van der Waals surface area contributed by atoms with Gasteiger partial charge in [-0.2, -0.15) is 59.6 Å². The standard InChI is InChI=1S/C36H42N24O6/c1-13-20(32(63)65-10)30(56(8)49-13)47-44-24-16(4)52-59(27(24)38)35-40-34(58-26(37)23(15(3)51-58)43-46-29-22(19(62)12-61)18(6)55(7)54-29)41-36(42-35)60-28(39)25(17(5)53-60)45-48-31-21(33(64)66-11)14(2)50-57(31)9/h61H,12,37-39H2,1-11H3/b46-43+,47-44+,48-45+. The third-order valence-electron chi connectivity index (χ3n) is 9.99. The summed E-state index contributed by atoms with van der Waals surface area (Å²) >= 11 is 0. The number of esters is 2. The number of hydrogen-bond acceptors (Lipinski definition) is 24. The first kappa shape index (κ1) is 45.1. The zero-order chi connectivity index (χ0) is 48.0. The monoisotopic (exact) mass is 906 g/mol. The molecule has 0 amide bonds. The molecule has 0 aliphatic carbocycles. The van der Waals surface area contributed by atoms with Crippen molar-refractivity contribution in [2.45, 2.75) is 41.5 Å². The Morgan fingerprint density at radius 2 is 0.879 bits per heavy atom. The summed E-state index contributed by atoms with van der Waals surface area (Å²) in [5, 5.41) is 61.6. The average Bonchev–Trinajstić information content (AvgIpc) is 4.07. The number of rotatable bonds is 13. The summed E-state index contributed by atoms with van der Waals surface area (Å²) in [6, 6.07) is 0. The number of carbonyl (C=O) groups is 3. The highest BCUT2D eigenvalue weighted by Gasteiger charge is 2.27. The number of nitrogens with zero attached hydrogens (tertiary/aromatic N) is 21. The zero-order valence-corrected chi connectivity index (χ0v) is 37.3. The second-order valence-corrected chi connectivity index (χ2v) is 14.3. The second-order valence-electron chi connectivity index (χ2n) is 14.3. The van der Waals surface area contributed by atoms with E-state index in [0.717, 1.165) is 14.0 Å². The number of methoxy groups -OCH3 is 2. The predicted octanol–water partition coefficient (Wildman–Crippen LogP) is 3.22. The predicted molar refractivity (Wildman–Crippen MR) is 229 cm³/mol. The van der Waals surface area contributed by atoms with Gasteiger partial charge < -0.3 is 31.8 Å². The Kier molecular flexibility index (Phi) is 11.8. The van der Waals surface area contributed by atoms with Crippen LogP contribution in [0.5, 0.6) is 0 Å². The lowest BCUT2D eigenvalue weighted by Gasteiger charge is -2.09. The highest BCUT2D eigenvalue weighted by Crippen LogP contribution is 2.36. The summed E-state index contributed by atoms with van der Waals surface area (Å²) in [6.45, 7) is 8.93. The smallest absolute Gasteiger partial charge is 0.343 e. The van der Waals surface area contributed by atoms with E-state index in [1.54, 1.807) is 62.7 Å². The third kappa shape index (κ3) is 7.75. The summed E-state index contributed by atoms with van der Waals surface area (Å²) in [4.78, 5) is 51.6. The van der Waals surface area contributed by atoms with Gasteiger partial charge >= 0.3 is 11.9 Å². The fourth-order valence-corrected chi connectivity index (χ4v) is 6.63. The van der Waals surface area contributed by atoms with Crippen LogP contribution >= 0.6 is 0 Å². The summed E-state index contributed by atoms with van der Waals surface area (Å²) in [5.74, 6) is -2.73. The normalized spacial score (nSPS) is 11.9. The van der Waals surface area contributed by atoms with Gasteiger partial charge in [-0.05, 0) is 41.5 Å². The SMILES string of the molecule is COC(=O)c1c(C)nn(C)c1/N=N/c1c(C)nn(-c2nc(-n3nc(C)c(/N=N/c4nn(C)c(C)c4C(=O)CO)c3N)nc(-n3nc(C)c(/N=N/c4c(C(=O)OC)c(C)nn4C)c3N)n2)c1N. The van der Waals surface area contributed by atoms with Crippen molar-refractivity contribution in [3.05, 3.63) is 50.9 Å². The molecule has 7 heterocycles. The minimum Gasteiger partial charge on any atom is -0.465 e. The van der Waals surface area contributed by atoms with Crippen molar-refractivity contribution in [2.75, 3.05) is 38.0 Å². The molecule has 7 aromatic heterocycles. The van der Waals surface area contributed by atoms with Gasteiger partial charge in [0.15, 0.2) is 51.9 Å². The van der Waals surface area contributed by atoms with Crippen molar-refractivity contribution in [3.8, 4) is 17.8 Å².